The zero-order valence-electron chi connectivity index (χ0n) is 14.5. The van der Waals surface area contributed by atoms with Gasteiger partial charge in [0.15, 0.2) is 0 Å². The third-order valence-electron chi connectivity index (χ3n) is 3.73. The van der Waals surface area contributed by atoms with Gasteiger partial charge in [-0.1, -0.05) is 56.3 Å². The Bertz CT molecular complexity index is 623. The fraction of sp³-hybridized carbons (Fsp3) is 0.350. The van der Waals surface area contributed by atoms with Crippen molar-refractivity contribution in [3.8, 4) is 5.75 Å². The highest BCUT2D eigenvalue weighted by atomic mass is 16.5. The summed E-state index contributed by atoms with van der Waals surface area (Å²) < 4.78 is 10.5. The molecule has 0 aromatic heterocycles. The molecule has 2 rings (SSSR count). The fourth-order valence-electron chi connectivity index (χ4n) is 2.49. The van der Waals surface area contributed by atoms with Gasteiger partial charge in [-0.2, -0.15) is 0 Å². The minimum absolute atomic E-state index is 0.0841. The molecule has 128 valence electrons. The lowest BCUT2D eigenvalue weighted by Crippen LogP contribution is -2.30. The Morgan fingerprint density at radius 3 is 2.29 bits per heavy atom. The average Bonchev–Trinajstić information content (AvgIpc) is 2.60. The summed E-state index contributed by atoms with van der Waals surface area (Å²) in [6.07, 6.45) is 0.438. The van der Waals surface area contributed by atoms with E-state index in [1.807, 2.05) is 54.6 Å². The van der Waals surface area contributed by atoms with Crippen LogP contribution in [0.15, 0.2) is 54.6 Å². The number of amides is 1. The lowest BCUT2D eigenvalue weighted by molar-refractivity contribution is 0.134. The first kappa shape index (κ1) is 17.9. The Labute approximate surface area is 143 Å². The van der Waals surface area contributed by atoms with E-state index < -0.39 is 6.09 Å². The lowest BCUT2D eigenvalue weighted by Gasteiger charge is -2.21. The average molecular weight is 327 g/mol. The van der Waals surface area contributed by atoms with E-state index in [0.717, 1.165) is 23.3 Å². The Balaban J connectivity index is 1.97. The van der Waals surface area contributed by atoms with Crippen LogP contribution in [0, 0.1) is 5.92 Å². The van der Waals surface area contributed by atoms with Crippen molar-refractivity contribution in [3.63, 3.8) is 0 Å². The van der Waals surface area contributed by atoms with Gasteiger partial charge in [0.2, 0.25) is 0 Å². The molecule has 2 aromatic rings. The van der Waals surface area contributed by atoms with Gasteiger partial charge in [0.1, 0.15) is 12.4 Å². The van der Waals surface area contributed by atoms with Crippen LogP contribution in [-0.4, -0.2) is 13.2 Å². The highest BCUT2D eigenvalue weighted by Crippen LogP contribution is 2.23. The van der Waals surface area contributed by atoms with Crippen molar-refractivity contribution in [2.75, 3.05) is 7.11 Å². The van der Waals surface area contributed by atoms with Gasteiger partial charge in [-0.25, -0.2) is 4.79 Å². The molecule has 0 bridgehead atoms. The van der Waals surface area contributed by atoms with E-state index >= 15 is 0 Å². The molecule has 1 amide bonds. The molecule has 2 aromatic carbocycles. The van der Waals surface area contributed by atoms with Crippen molar-refractivity contribution in [2.45, 2.75) is 32.9 Å². The Kier molecular flexibility index (Phi) is 6.67. The fourth-order valence-corrected chi connectivity index (χ4v) is 2.49. The topological polar surface area (TPSA) is 47.6 Å². The number of methoxy groups -OCH3 is 1. The highest BCUT2D eigenvalue weighted by molar-refractivity contribution is 5.68. The molecule has 1 atom stereocenters. The molecule has 0 saturated carbocycles. The molecular weight excluding hydrogens is 302 g/mol. The van der Waals surface area contributed by atoms with Gasteiger partial charge < -0.3 is 14.8 Å². The maximum absolute atomic E-state index is 12.1. The minimum Gasteiger partial charge on any atom is -0.497 e. The second-order valence-electron chi connectivity index (χ2n) is 6.16. The SMILES string of the molecule is COc1ccc(C(CC(C)C)NC(=O)OCc2ccccc2)cc1. The van der Waals surface area contributed by atoms with E-state index in [1.54, 1.807) is 7.11 Å². The van der Waals surface area contributed by atoms with Crippen LogP contribution in [-0.2, 0) is 11.3 Å². The van der Waals surface area contributed by atoms with Crippen molar-refractivity contribution in [3.05, 3.63) is 65.7 Å². The molecule has 0 radical (unpaired) electrons. The van der Waals surface area contributed by atoms with Gasteiger partial charge in [-0.05, 0) is 35.6 Å². The highest BCUT2D eigenvalue weighted by Gasteiger charge is 2.17. The van der Waals surface area contributed by atoms with E-state index in [4.69, 9.17) is 9.47 Å². The number of carbonyl (C=O) groups is 1. The maximum atomic E-state index is 12.1. The number of ether oxygens (including phenoxy) is 2. The van der Waals surface area contributed by atoms with Crippen LogP contribution in [0.1, 0.15) is 37.4 Å². The molecule has 0 aliphatic heterocycles. The quantitative estimate of drug-likeness (QED) is 0.801. The molecule has 24 heavy (non-hydrogen) atoms. The van der Waals surface area contributed by atoms with Gasteiger partial charge >= 0.3 is 6.09 Å². The smallest absolute Gasteiger partial charge is 0.407 e. The summed E-state index contributed by atoms with van der Waals surface area (Å²) in [6, 6.07) is 17.3. The normalized spacial score (nSPS) is 11.8. The third-order valence-corrected chi connectivity index (χ3v) is 3.73. The van der Waals surface area contributed by atoms with Crippen LogP contribution in [0.25, 0.3) is 0 Å². The third kappa shape index (κ3) is 5.61. The number of hydrogen-bond acceptors (Lipinski definition) is 3. The number of carbonyl (C=O) groups excluding carboxylic acids is 1. The molecule has 1 unspecified atom stereocenters. The van der Waals surface area contributed by atoms with E-state index in [9.17, 15) is 4.79 Å². The number of benzene rings is 2. The number of rotatable bonds is 7. The van der Waals surface area contributed by atoms with E-state index in [0.29, 0.717) is 5.92 Å². The summed E-state index contributed by atoms with van der Waals surface area (Å²) in [4.78, 5) is 12.1. The molecule has 0 aliphatic carbocycles. The Morgan fingerprint density at radius 1 is 1.04 bits per heavy atom. The van der Waals surface area contributed by atoms with Gasteiger partial charge in [0.25, 0.3) is 0 Å². The summed E-state index contributed by atoms with van der Waals surface area (Å²) in [5.74, 6) is 1.25. The first-order valence-corrected chi connectivity index (χ1v) is 8.19. The lowest BCUT2D eigenvalue weighted by atomic mass is 9.97. The molecule has 1 N–H and O–H groups in total. The predicted octanol–water partition coefficient (Wildman–Crippen LogP) is 4.71. The molecule has 0 heterocycles. The van der Waals surface area contributed by atoms with Crippen molar-refractivity contribution in [2.24, 2.45) is 5.92 Å². The summed E-state index contributed by atoms with van der Waals surface area (Å²) in [7, 11) is 1.64. The van der Waals surface area contributed by atoms with Gasteiger partial charge in [-0.3, -0.25) is 0 Å². The molecule has 4 heteroatoms. The second-order valence-corrected chi connectivity index (χ2v) is 6.16. The van der Waals surface area contributed by atoms with Gasteiger partial charge in [-0.15, -0.1) is 0 Å². The molecule has 0 spiro atoms. The monoisotopic (exact) mass is 327 g/mol. The van der Waals surface area contributed by atoms with Crippen LogP contribution in [0.4, 0.5) is 4.79 Å². The zero-order chi connectivity index (χ0) is 17.4. The molecule has 4 nitrogen and oxygen atoms in total. The molecule has 0 saturated heterocycles. The molecule has 0 aliphatic rings. The maximum Gasteiger partial charge on any atom is 0.407 e. The van der Waals surface area contributed by atoms with E-state index in [2.05, 4.69) is 19.2 Å². The summed E-state index contributed by atoms with van der Waals surface area (Å²) in [6.45, 7) is 4.53. The van der Waals surface area contributed by atoms with Crippen LogP contribution < -0.4 is 10.1 Å². The molecular formula is C20H25NO3. The van der Waals surface area contributed by atoms with Crippen LogP contribution in [0.2, 0.25) is 0 Å². The van der Waals surface area contributed by atoms with E-state index in [1.165, 1.54) is 0 Å². The van der Waals surface area contributed by atoms with Crippen molar-refractivity contribution < 1.29 is 14.3 Å². The van der Waals surface area contributed by atoms with Crippen molar-refractivity contribution in [1.29, 1.82) is 0 Å². The first-order valence-electron chi connectivity index (χ1n) is 8.19. The van der Waals surface area contributed by atoms with Crippen molar-refractivity contribution >= 4 is 6.09 Å². The standard InChI is InChI=1S/C20H25NO3/c1-15(2)13-19(17-9-11-18(23-3)12-10-17)21-20(22)24-14-16-7-5-4-6-8-16/h4-12,15,19H,13-14H2,1-3H3,(H,21,22). The number of nitrogens with one attached hydrogen (secondary N) is 1. The van der Waals surface area contributed by atoms with Gasteiger partial charge in [0.05, 0.1) is 13.2 Å². The number of hydrogen-bond donors (Lipinski definition) is 1. The Hall–Kier alpha value is -2.49. The summed E-state index contributed by atoms with van der Waals surface area (Å²) in [5, 5.41) is 2.97. The van der Waals surface area contributed by atoms with Crippen molar-refractivity contribution in [1.82, 2.24) is 5.32 Å². The minimum atomic E-state index is -0.402. The zero-order valence-corrected chi connectivity index (χ0v) is 14.5. The summed E-state index contributed by atoms with van der Waals surface area (Å²) >= 11 is 0. The summed E-state index contributed by atoms with van der Waals surface area (Å²) in [5.41, 5.74) is 2.01. The Morgan fingerprint density at radius 2 is 1.71 bits per heavy atom. The molecule has 0 fully saturated rings. The first-order chi connectivity index (χ1) is 11.6. The predicted molar refractivity (Wildman–Crippen MR) is 95.0 cm³/mol. The van der Waals surface area contributed by atoms with Crippen LogP contribution >= 0.6 is 0 Å². The largest absolute Gasteiger partial charge is 0.497 e. The van der Waals surface area contributed by atoms with Crippen LogP contribution in [0.3, 0.4) is 0 Å². The van der Waals surface area contributed by atoms with Gasteiger partial charge in [0, 0.05) is 0 Å². The second kappa shape index (κ2) is 8.96. The number of alkyl carbamates (subject to hydrolysis) is 1. The van der Waals surface area contributed by atoms with Crippen LogP contribution in [0.5, 0.6) is 5.75 Å². The van der Waals surface area contributed by atoms with E-state index in [-0.39, 0.29) is 12.6 Å².